The molecule has 0 saturated heterocycles. The van der Waals surface area contributed by atoms with Crippen molar-refractivity contribution < 1.29 is 14.3 Å². The van der Waals surface area contributed by atoms with Gasteiger partial charge in [-0.05, 0) is 26.7 Å². The van der Waals surface area contributed by atoms with E-state index in [-0.39, 0.29) is 5.97 Å². The Labute approximate surface area is 100 Å². The van der Waals surface area contributed by atoms with Crippen LogP contribution in [0, 0.1) is 0 Å². The summed E-state index contributed by atoms with van der Waals surface area (Å²) < 4.78 is 10.2. The summed E-state index contributed by atoms with van der Waals surface area (Å²) in [7, 11) is 0. The zero-order chi connectivity index (χ0) is 12.3. The lowest BCUT2D eigenvalue weighted by atomic mass is 10.1. The standard InChI is InChI=1S/C12H16N2O3/c1-3-16-11(15)9-7-13-12(17-4-2)14-10(9)8-5-6-8/h7-8H,3-6H2,1-2H3. The Hall–Kier alpha value is -1.65. The molecule has 5 heteroatoms. The first-order chi connectivity index (χ1) is 8.26. The molecule has 1 aromatic rings. The minimum Gasteiger partial charge on any atom is -0.464 e. The Morgan fingerprint density at radius 3 is 2.76 bits per heavy atom. The van der Waals surface area contributed by atoms with E-state index in [1.165, 1.54) is 6.20 Å². The van der Waals surface area contributed by atoms with Gasteiger partial charge in [-0.25, -0.2) is 9.78 Å². The predicted molar refractivity (Wildman–Crippen MR) is 61.1 cm³/mol. The minimum absolute atomic E-state index is 0.336. The Balaban J connectivity index is 2.27. The summed E-state index contributed by atoms with van der Waals surface area (Å²) in [5.74, 6) is 0.00839. The first-order valence-electron chi connectivity index (χ1n) is 5.93. The molecular formula is C12H16N2O3. The molecule has 0 amide bonds. The van der Waals surface area contributed by atoms with Crippen LogP contribution in [0.1, 0.15) is 48.7 Å². The number of esters is 1. The molecule has 1 aromatic heterocycles. The van der Waals surface area contributed by atoms with E-state index in [0.717, 1.165) is 18.5 Å². The Morgan fingerprint density at radius 2 is 2.18 bits per heavy atom. The number of nitrogens with zero attached hydrogens (tertiary/aromatic N) is 2. The quantitative estimate of drug-likeness (QED) is 0.731. The fourth-order valence-electron chi connectivity index (χ4n) is 1.61. The number of carbonyl (C=O) groups excluding carboxylic acids is 1. The van der Waals surface area contributed by atoms with Crippen molar-refractivity contribution in [2.45, 2.75) is 32.6 Å². The van der Waals surface area contributed by atoms with Gasteiger partial charge in [0, 0.05) is 12.1 Å². The number of carbonyl (C=O) groups is 1. The molecule has 1 aliphatic carbocycles. The molecule has 0 atom stereocenters. The van der Waals surface area contributed by atoms with Gasteiger partial charge in [-0.2, -0.15) is 4.98 Å². The molecule has 1 saturated carbocycles. The van der Waals surface area contributed by atoms with Crippen molar-refractivity contribution in [3.05, 3.63) is 17.5 Å². The molecule has 2 rings (SSSR count). The van der Waals surface area contributed by atoms with Gasteiger partial charge in [0.25, 0.3) is 0 Å². The Morgan fingerprint density at radius 1 is 1.41 bits per heavy atom. The molecule has 5 nitrogen and oxygen atoms in total. The maximum Gasteiger partial charge on any atom is 0.341 e. The van der Waals surface area contributed by atoms with Crippen LogP contribution in [-0.4, -0.2) is 29.2 Å². The fourth-order valence-corrected chi connectivity index (χ4v) is 1.61. The molecule has 1 fully saturated rings. The largest absolute Gasteiger partial charge is 0.464 e. The van der Waals surface area contributed by atoms with Crippen molar-refractivity contribution in [2.24, 2.45) is 0 Å². The van der Waals surface area contributed by atoms with E-state index >= 15 is 0 Å². The first-order valence-corrected chi connectivity index (χ1v) is 5.93. The van der Waals surface area contributed by atoms with Crippen LogP contribution in [0.4, 0.5) is 0 Å². The molecule has 0 bridgehead atoms. The highest BCUT2D eigenvalue weighted by Gasteiger charge is 2.31. The summed E-state index contributed by atoms with van der Waals surface area (Å²) in [6.45, 7) is 4.53. The monoisotopic (exact) mass is 236 g/mol. The van der Waals surface area contributed by atoms with Crippen LogP contribution in [0.2, 0.25) is 0 Å². The van der Waals surface area contributed by atoms with Crippen LogP contribution in [-0.2, 0) is 4.74 Å². The van der Waals surface area contributed by atoms with Gasteiger partial charge in [0.2, 0.25) is 0 Å². The molecule has 0 unspecified atom stereocenters. The number of aromatic nitrogens is 2. The van der Waals surface area contributed by atoms with Crippen molar-refractivity contribution in [1.82, 2.24) is 9.97 Å². The zero-order valence-corrected chi connectivity index (χ0v) is 10.1. The van der Waals surface area contributed by atoms with Crippen LogP contribution in [0.25, 0.3) is 0 Å². The maximum absolute atomic E-state index is 11.7. The summed E-state index contributed by atoms with van der Waals surface area (Å²) in [5.41, 5.74) is 1.24. The van der Waals surface area contributed by atoms with Crippen LogP contribution in [0.5, 0.6) is 6.01 Å². The van der Waals surface area contributed by atoms with Gasteiger partial charge in [-0.1, -0.05) is 0 Å². The molecule has 0 aromatic carbocycles. The molecule has 0 radical (unpaired) electrons. The number of hydrogen-bond donors (Lipinski definition) is 0. The topological polar surface area (TPSA) is 61.3 Å². The lowest BCUT2D eigenvalue weighted by Crippen LogP contribution is -2.11. The van der Waals surface area contributed by atoms with E-state index in [9.17, 15) is 4.79 Å². The minimum atomic E-state index is -0.350. The summed E-state index contributed by atoms with van der Waals surface area (Å²) in [6.07, 6.45) is 3.63. The summed E-state index contributed by atoms with van der Waals surface area (Å²) in [4.78, 5) is 20.0. The summed E-state index contributed by atoms with van der Waals surface area (Å²) in [6, 6.07) is 0.336. The van der Waals surface area contributed by atoms with E-state index < -0.39 is 0 Å². The smallest absolute Gasteiger partial charge is 0.341 e. The van der Waals surface area contributed by atoms with E-state index in [4.69, 9.17) is 9.47 Å². The predicted octanol–water partition coefficient (Wildman–Crippen LogP) is 1.93. The van der Waals surface area contributed by atoms with Crippen LogP contribution in [0.3, 0.4) is 0 Å². The first kappa shape index (κ1) is 11.8. The molecule has 1 aliphatic rings. The van der Waals surface area contributed by atoms with Gasteiger partial charge in [0.1, 0.15) is 5.56 Å². The van der Waals surface area contributed by atoms with E-state index in [1.807, 2.05) is 6.92 Å². The molecule has 1 heterocycles. The van der Waals surface area contributed by atoms with Crippen LogP contribution >= 0.6 is 0 Å². The fraction of sp³-hybridized carbons (Fsp3) is 0.583. The second-order valence-electron chi connectivity index (χ2n) is 3.88. The second kappa shape index (κ2) is 5.12. The van der Waals surface area contributed by atoms with Gasteiger partial charge in [-0.15, -0.1) is 0 Å². The highest BCUT2D eigenvalue weighted by molar-refractivity contribution is 5.90. The van der Waals surface area contributed by atoms with Gasteiger partial charge >= 0.3 is 12.0 Å². The van der Waals surface area contributed by atoms with Crippen LogP contribution < -0.4 is 4.74 Å². The molecule has 92 valence electrons. The average Bonchev–Trinajstić information content (AvgIpc) is 3.13. The maximum atomic E-state index is 11.7. The van der Waals surface area contributed by atoms with Gasteiger partial charge in [-0.3, -0.25) is 0 Å². The second-order valence-corrected chi connectivity index (χ2v) is 3.88. The molecule has 0 aliphatic heterocycles. The summed E-state index contributed by atoms with van der Waals surface area (Å²) >= 11 is 0. The number of rotatable bonds is 5. The number of ether oxygens (including phenoxy) is 2. The Bertz CT molecular complexity index is 416. The number of hydrogen-bond acceptors (Lipinski definition) is 5. The van der Waals surface area contributed by atoms with Crippen molar-refractivity contribution in [2.75, 3.05) is 13.2 Å². The molecule has 17 heavy (non-hydrogen) atoms. The molecule has 0 spiro atoms. The van der Waals surface area contributed by atoms with Crippen LogP contribution in [0.15, 0.2) is 6.20 Å². The van der Waals surface area contributed by atoms with Crippen molar-refractivity contribution >= 4 is 5.97 Å². The van der Waals surface area contributed by atoms with Gasteiger partial charge in [0.05, 0.1) is 18.9 Å². The average molecular weight is 236 g/mol. The SMILES string of the molecule is CCOC(=O)c1cnc(OCC)nc1C1CC1. The van der Waals surface area contributed by atoms with E-state index in [2.05, 4.69) is 9.97 Å². The Kier molecular flexibility index (Phi) is 3.56. The summed E-state index contributed by atoms with van der Waals surface area (Å²) in [5, 5.41) is 0. The third-order valence-electron chi connectivity index (χ3n) is 2.53. The highest BCUT2D eigenvalue weighted by Crippen LogP contribution is 2.41. The van der Waals surface area contributed by atoms with Gasteiger partial charge < -0.3 is 9.47 Å². The lowest BCUT2D eigenvalue weighted by molar-refractivity contribution is 0.0523. The normalized spacial score (nSPS) is 14.5. The van der Waals surface area contributed by atoms with Crippen molar-refractivity contribution in [3.8, 4) is 6.01 Å². The van der Waals surface area contributed by atoms with E-state index in [1.54, 1.807) is 6.92 Å². The van der Waals surface area contributed by atoms with Crippen molar-refractivity contribution in [1.29, 1.82) is 0 Å². The third kappa shape index (κ3) is 2.72. The molecule has 0 N–H and O–H groups in total. The van der Waals surface area contributed by atoms with Gasteiger partial charge in [0.15, 0.2) is 0 Å². The highest BCUT2D eigenvalue weighted by atomic mass is 16.5. The van der Waals surface area contributed by atoms with Crippen molar-refractivity contribution in [3.63, 3.8) is 0 Å². The zero-order valence-electron chi connectivity index (χ0n) is 10.1. The van der Waals surface area contributed by atoms with E-state index in [0.29, 0.717) is 30.7 Å². The molecular weight excluding hydrogens is 220 g/mol. The lowest BCUT2D eigenvalue weighted by Gasteiger charge is -2.08. The third-order valence-corrected chi connectivity index (χ3v) is 2.53.